The molecule has 2 heterocycles. The lowest BCUT2D eigenvalue weighted by Gasteiger charge is -2.18. The summed E-state index contributed by atoms with van der Waals surface area (Å²) in [5.74, 6) is 0.542. The van der Waals surface area contributed by atoms with Gasteiger partial charge in [-0.15, -0.1) is 10.2 Å². The third-order valence-corrected chi connectivity index (χ3v) is 4.81. The highest BCUT2D eigenvalue weighted by Gasteiger charge is 2.17. The first-order valence-electron chi connectivity index (χ1n) is 10.0. The zero-order valence-electron chi connectivity index (χ0n) is 16.9. The van der Waals surface area contributed by atoms with Crippen LogP contribution in [0.4, 0.5) is 0 Å². The van der Waals surface area contributed by atoms with E-state index in [9.17, 15) is 4.79 Å². The number of carbonyl (C=O) groups excluding carboxylic acids is 1. The fourth-order valence-electron chi connectivity index (χ4n) is 3.31. The average Bonchev–Trinajstić information content (AvgIpc) is 3.21. The van der Waals surface area contributed by atoms with Gasteiger partial charge in [0.05, 0.1) is 17.9 Å². The first-order valence-corrected chi connectivity index (χ1v) is 10.0. The lowest BCUT2D eigenvalue weighted by atomic mass is 10.1. The van der Waals surface area contributed by atoms with Crippen LogP contribution < -0.4 is 4.74 Å². The Bertz CT molecular complexity index is 754. The fraction of sp³-hybridized carbons (Fsp3) is 0.500. The van der Waals surface area contributed by atoms with Crippen LogP contribution in [0.15, 0.2) is 36.4 Å². The summed E-state index contributed by atoms with van der Waals surface area (Å²) >= 11 is 0. The molecule has 1 aromatic heterocycles. The Balaban J connectivity index is 1.54. The van der Waals surface area contributed by atoms with Gasteiger partial charge in [0, 0.05) is 37.4 Å². The fourth-order valence-corrected chi connectivity index (χ4v) is 3.31. The smallest absolute Gasteiger partial charge is 0.253 e. The van der Waals surface area contributed by atoms with E-state index in [2.05, 4.69) is 10.2 Å². The Morgan fingerprint density at radius 1 is 1.21 bits per heavy atom. The van der Waals surface area contributed by atoms with Crippen molar-refractivity contribution in [3.8, 4) is 17.1 Å². The molecule has 1 fully saturated rings. The van der Waals surface area contributed by atoms with Crippen molar-refractivity contribution in [1.29, 1.82) is 0 Å². The summed E-state index contributed by atoms with van der Waals surface area (Å²) in [5, 5.41) is 8.30. The maximum atomic E-state index is 12.6. The molecule has 150 valence electrons. The number of benzene rings is 1. The predicted molar refractivity (Wildman–Crippen MR) is 108 cm³/mol. The number of aromatic nitrogens is 2. The van der Waals surface area contributed by atoms with E-state index >= 15 is 0 Å². The summed E-state index contributed by atoms with van der Waals surface area (Å²) in [6.07, 6.45) is 4.72. The van der Waals surface area contributed by atoms with Crippen molar-refractivity contribution >= 4 is 5.91 Å². The van der Waals surface area contributed by atoms with E-state index in [1.165, 1.54) is 0 Å². The van der Waals surface area contributed by atoms with E-state index in [0.717, 1.165) is 50.1 Å². The maximum absolute atomic E-state index is 12.6. The highest BCUT2D eigenvalue weighted by atomic mass is 16.5. The van der Waals surface area contributed by atoms with Gasteiger partial charge in [-0.05, 0) is 57.7 Å². The average molecular weight is 383 g/mol. The molecule has 2 aromatic rings. The topological polar surface area (TPSA) is 64.5 Å². The van der Waals surface area contributed by atoms with E-state index < -0.39 is 0 Å². The normalized spacial score (nSPS) is 16.4. The van der Waals surface area contributed by atoms with Crippen LogP contribution in [-0.2, 0) is 4.74 Å². The number of nitrogens with zero attached hydrogens (tertiary/aromatic N) is 3. The van der Waals surface area contributed by atoms with Crippen molar-refractivity contribution < 1.29 is 14.3 Å². The molecule has 28 heavy (non-hydrogen) atoms. The zero-order chi connectivity index (χ0) is 19.9. The van der Waals surface area contributed by atoms with Crippen LogP contribution in [0.2, 0.25) is 0 Å². The Hall–Kier alpha value is -2.47. The summed E-state index contributed by atoms with van der Waals surface area (Å²) in [4.78, 5) is 14.4. The molecule has 0 saturated carbocycles. The van der Waals surface area contributed by atoms with Crippen LogP contribution in [0.25, 0.3) is 11.3 Å². The number of hydrogen-bond donors (Lipinski definition) is 0. The molecule has 6 heteroatoms. The van der Waals surface area contributed by atoms with Gasteiger partial charge < -0.3 is 14.4 Å². The molecule has 1 atom stereocenters. The lowest BCUT2D eigenvalue weighted by Crippen LogP contribution is -2.28. The van der Waals surface area contributed by atoms with Gasteiger partial charge in [-0.1, -0.05) is 12.1 Å². The molecule has 0 spiro atoms. The van der Waals surface area contributed by atoms with E-state index in [1.54, 1.807) is 4.90 Å². The van der Waals surface area contributed by atoms with Gasteiger partial charge in [0.25, 0.3) is 5.91 Å². The van der Waals surface area contributed by atoms with Gasteiger partial charge in [0.1, 0.15) is 0 Å². The monoisotopic (exact) mass is 383 g/mol. The van der Waals surface area contributed by atoms with Crippen LogP contribution in [0.1, 0.15) is 49.9 Å². The summed E-state index contributed by atoms with van der Waals surface area (Å²) in [6, 6.07) is 11.2. The van der Waals surface area contributed by atoms with Crippen molar-refractivity contribution in [2.75, 3.05) is 20.2 Å². The van der Waals surface area contributed by atoms with Gasteiger partial charge in [-0.3, -0.25) is 4.79 Å². The van der Waals surface area contributed by atoms with E-state index in [-0.39, 0.29) is 12.0 Å². The molecule has 0 bridgehead atoms. The van der Waals surface area contributed by atoms with Crippen molar-refractivity contribution in [2.45, 2.75) is 51.7 Å². The lowest BCUT2D eigenvalue weighted by molar-refractivity contribution is 0.0763. The SMILES string of the molecule is CC(C)Oc1ccc(-c2ccc(C(=O)N(C)CCC[C@H]3CCCO3)cc2)nn1. The first-order chi connectivity index (χ1) is 13.5. The minimum absolute atomic E-state index is 0.0330. The Morgan fingerprint density at radius 2 is 2.00 bits per heavy atom. The molecule has 1 aliphatic rings. The Labute approximate surface area is 166 Å². The van der Waals surface area contributed by atoms with Crippen molar-refractivity contribution in [2.24, 2.45) is 0 Å². The van der Waals surface area contributed by atoms with Crippen molar-refractivity contribution in [3.05, 3.63) is 42.0 Å². The molecular weight excluding hydrogens is 354 g/mol. The second kappa shape index (κ2) is 9.64. The third kappa shape index (κ3) is 5.52. The highest BCUT2D eigenvalue weighted by molar-refractivity contribution is 5.94. The third-order valence-electron chi connectivity index (χ3n) is 4.81. The molecule has 0 radical (unpaired) electrons. The van der Waals surface area contributed by atoms with Gasteiger partial charge in [0.2, 0.25) is 5.88 Å². The quantitative estimate of drug-likeness (QED) is 0.690. The van der Waals surface area contributed by atoms with Gasteiger partial charge >= 0.3 is 0 Å². The van der Waals surface area contributed by atoms with Crippen LogP contribution in [0.5, 0.6) is 5.88 Å². The maximum Gasteiger partial charge on any atom is 0.253 e. The summed E-state index contributed by atoms with van der Waals surface area (Å²) < 4.78 is 11.2. The Kier molecular flexibility index (Phi) is 6.98. The molecule has 0 aliphatic carbocycles. The van der Waals surface area contributed by atoms with Crippen LogP contribution in [-0.4, -0.2) is 53.4 Å². The van der Waals surface area contributed by atoms with Gasteiger partial charge in [-0.25, -0.2) is 0 Å². The minimum atomic E-state index is 0.0330. The standard InChI is InChI=1S/C22H29N3O3/c1-16(2)28-21-13-12-20(23-24-21)17-8-10-18(11-9-17)22(26)25(3)14-4-6-19-7-5-15-27-19/h8-13,16,19H,4-7,14-15H2,1-3H3/t19-/m0/s1. The van der Waals surface area contributed by atoms with Crippen LogP contribution in [0, 0.1) is 0 Å². The summed E-state index contributed by atoms with van der Waals surface area (Å²) in [5.41, 5.74) is 2.34. The number of rotatable bonds is 8. The predicted octanol–water partition coefficient (Wildman–Crippen LogP) is 3.96. The molecule has 6 nitrogen and oxygen atoms in total. The van der Waals surface area contributed by atoms with Crippen molar-refractivity contribution in [3.63, 3.8) is 0 Å². The number of carbonyl (C=O) groups is 1. The van der Waals surface area contributed by atoms with E-state index in [0.29, 0.717) is 17.5 Å². The van der Waals surface area contributed by atoms with Crippen LogP contribution in [0.3, 0.4) is 0 Å². The molecule has 3 rings (SSSR count). The molecular formula is C22H29N3O3. The van der Waals surface area contributed by atoms with Gasteiger partial charge in [-0.2, -0.15) is 0 Å². The van der Waals surface area contributed by atoms with Gasteiger partial charge in [0.15, 0.2) is 0 Å². The summed E-state index contributed by atoms with van der Waals surface area (Å²) in [7, 11) is 1.85. The highest BCUT2D eigenvalue weighted by Crippen LogP contribution is 2.20. The van der Waals surface area contributed by atoms with Crippen LogP contribution >= 0.6 is 0 Å². The van der Waals surface area contributed by atoms with Crippen molar-refractivity contribution in [1.82, 2.24) is 15.1 Å². The molecule has 1 saturated heterocycles. The molecule has 1 aliphatic heterocycles. The molecule has 1 amide bonds. The largest absolute Gasteiger partial charge is 0.474 e. The second-order valence-electron chi connectivity index (χ2n) is 7.50. The zero-order valence-corrected chi connectivity index (χ0v) is 16.9. The summed E-state index contributed by atoms with van der Waals surface area (Å²) in [6.45, 7) is 5.52. The molecule has 0 unspecified atom stereocenters. The van der Waals surface area contributed by atoms with E-state index in [1.807, 2.05) is 57.3 Å². The minimum Gasteiger partial charge on any atom is -0.474 e. The number of ether oxygens (including phenoxy) is 2. The van der Waals surface area contributed by atoms with E-state index in [4.69, 9.17) is 9.47 Å². The molecule has 0 N–H and O–H groups in total. The number of amides is 1. The Morgan fingerprint density at radius 3 is 2.61 bits per heavy atom. The first kappa shape index (κ1) is 20.3. The second-order valence-corrected chi connectivity index (χ2v) is 7.50. The molecule has 1 aromatic carbocycles. The number of hydrogen-bond acceptors (Lipinski definition) is 5.